The lowest BCUT2D eigenvalue weighted by molar-refractivity contribution is -0.147. The van der Waals surface area contributed by atoms with Gasteiger partial charge in [-0.3, -0.25) is 4.79 Å². The minimum Gasteiger partial charge on any atom is -0.480 e. The molecule has 4 nitrogen and oxygen atoms in total. The molecule has 15 heavy (non-hydrogen) atoms. The Morgan fingerprint density at radius 2 is 2.27 bits per heavy atom. The minimum atomic E-state index is -0.751. The van der Waals surface area contributed by atoms with Crippen LogP contribution in [0.4, 0.5) is 0 Å². The normalized spacial score (nSPS) is 18.9. The van der Waals surface area contributed by atoms with Crippen LogP contribution in [0.5, 0.6) is 0 Å². The number of hydrogen-bond donors (Lipinski definition) is 2. The van der Waals surface area contributed by atoms with E-state index < -0.39 is 11.4 Å². The summed E-state index contributed by atoms with van der Waals surface area (Å²) < 4.78 is 0. The Hall–Kier alpha value is -1.32. The maximum atomic E-state index is 11.2. The Morgan fingerprint density at radius 3 is 2.60 bits per heavy atom. The number of carboxylic acids is 1. The summed E-state index contributed by atoms with van der Waals surface area (Å²) >= 11 is 0. The number of aromatic nitrogens is 2. The SMILES string of the molecule is CC(C)c1cnc(C2(C(=O)O)CCC2)[nH]1. The van der Waals surface area contributed by atoms with Gasteiger partial charge in [0.25, 0.3) is 0 Å². The van der Waals surface area contributed by atoms with Crippen molar-refractivity contribution in [2.24, 2.45) is 0 Å². The second-order valence-corrected chi connectivity index (χ2v) is 4.58. The number of aromatic amines is 1. The molecule has 1 heterocycles. The number of nitrogens with zero attached hydrogens (tertiary/aromatic N) is 1. The first kappa shape index (κ1) is 10.2. The largest absolute Gasteiger partial charge is 0.480 e. The third-order valence-corrected chi connectivity index (χ3v) is 3.29. The summed E-state index contributed by atoms with van der Waals surface area (Å²) in [6, 6.07) is 0. The predicted molar refractivity (Wildman–Crippen MR) is 55.8 cm³/mol. The molecular weight excluding hydrogens is 192 g/mol. The molecule has 2 rings (SSSR count). The Labute approximate surface area is 88.7 Å². The highest BCUT2D eigenvalue weighted by molar-refractivity contribution is 5.81. The van der Waals surface area contributed by atoms with Gasteiger partial charge in [-0.1, -0.05) is 20.3 Å². The van der Waals surface area contributed by atoms with Crippen LogP contribution < -0.4 is 0 Å². The fraction of sp³-hybridized carbons (Fsp3) is 0.636. The van der Waals surface area contributed by atoms with Gasteiger partial charge in [0, 0.05) is 11.9 Å². The number of aliphatic carboxylic acids is 1. The molecule has 82 valence electrons. The van der Waals surface area contributed by atoms with E-state index in [-0.39, 0.29) is 0 Å². The lowest BCUT2D eigenvalue weighted by Gasteiger charge is -2.35. The first-order chi connectivity index (χ1) is 7.06. The lowest BCUT2D eigenvalue weighted by Crippen LogP contribution is -2.43. The molecule has 0 amide bonds. The maximum absolute atomic E-state index is 11.2. The van der Waals surface area contributed by atoms with Crippen molar-refractivity contribution in [2.45, 2.75) is 44.4 Å². The smallest absolute Gasteiger partial charge is 0.317 e. The zero-order valence-electron chi connectivity index (χ0n) is 9.08. The Balaban J connectivity index is 2.32. The molecule has 0 aromatic carbocycles. The van der Waals surface area contributed by atoms with Gasteiger partial charge in [-0.2, -0.15) is 0 Å². The first-order valence-electron chi connectivity index (χ1n) is 5.35. The van der Waals surface area contributed by atoms with Crippen LogP contribution in [0.1, 0.15) is 50.5 Å². The summed E-state index contributed by atoms with van der Waals surface area (Å²) in [4.78, 5) is 18.6. The Morgan fingerprint density at radius 1 is 1.60 bits per heavy atom. The van der Waals surface area contributed by atoms with Crippen LogP contribution in [-0.4, -0.2) is 21.0 Å². The first-order valence-corrected chi connectivity index (χ1v) is 5.35. The molecule has 1 saturated carbocycles. The Bertz CT molecular complexity index is 378. The van der Waals surface area contributed by atoms with Gasteiger partial charge in [0.2, 0.25) is 0 Å². The second kappa shape index (κ2) is 3.36. The molecular formula is C11H16N2O2. The van der Waals surface area contributed by atoms with Crippen molar-refractivity contribution in [1.29, 1.82) is 0 Å². The van der Waals surface area contributed by atoms with Crippen LogP contribution in [0.25, 0.3) is 0 Å². The lowest BCUT2D eigenvalue weighted by atomic mass is 9.68. The number of H-pyrrole nitrogens is 1. The van der Waals surface area contributed by atoms with Gasteiger partial charge in [0.05, 0.1) is 0 Å². The van der Waals surface area contributed by atoms with E-state index in [1.807, 2.05) is 0 Å². The monoisotopic (exact) mass is 208 g/mol. The molecule has 1 aliphatic carbocycles. The zero-order valence-corrected chi connectivity index (χ0v) is 9.08. The van der Waals surface area contributed by atoms with Gasteiger partial charge < -0.3 is 10.1 Å². The van der Waals surface area contributed by atoms with Gasteiger partial charge in [-0.15, -0.1) is 0 Å². The third-order valence-electron chi connectivity index (χ3n) is 3.29. The number of imidazole rings is 1. The molecule has 1 aromatic rings. The van der Waals surface area contributed by atoms with Gasteiger partial charge in [-0.05, 0) is 18.8 Å². The quantitative estimate of drug-likeness (QED) is 0.798. The molecule has 4 heteroatoms. The van der Waals surface area contributed by atoms with E-state index in [9.17, 15) is 9.90 Å². The summed E-state index contributed by atoms with van der Waals surface area (Å²) in [6.07, 6.45) is 4.13. The standard InChI is InChI=1S/C11H16N2O2/c1-7(2)8-6-12-9(13-8)11(10(14)15)4-3-5-11/h6-7H,3-5H2,1-2H3,(H,12,13)(H,14,15). The fourth-order valence-corrected chi connectivity index (χ4v) is 1.95. The Kier molecular flexibility index (Phi) is 2.29. The van der Waals surface area contributed by atoms with Gasteiger partial charge >= 0.3 is 5.97 Å². The minimum absolute atomic E-state index is 0.358. The van der Waals surface area contributed by atoms with Gasteiger partial charge in [-0.25, -0.2) is 4.98 Å². The second-order valence-electron chi connectivity index (χ2n) is 4.58. The van der Waals surface area contributed by atoms with Crippen LogP contribution in [0.15, 0.2) is 6.20 Å². The van der Waals surface area contributed by atoms with E-state index in [1.54, 1.807) is 6.20 Å². The molecule has 0 atom stereocenters. The summed E-state index contributed by atoms with van der Waals surface area (Å²) in [7, 11) is 0. The van der Waals surface area contributed by atoms with E-state index in [1.165, 1.54) is 0 Å². The number of rotatable bonds is 3. The molecule has 0 aliphatic heterocycles. The van der Waals surface area contributed by atoms with E-state index in [2.05, 4.69) is 23.8 Å². The van der Waals surface area contributed by atoms with Crippen molar-refractivity contribution in [3.05, 3.63) is 17.7 Å². The molecule has 0 spiro atoms. The fourth-order valence-electron chi connectivity index (χ4n) is 1.95. The zero-order chi connectivity index (χ0) is 11.1. The molecule has 1 fully saturated rings. The van der Waals surface area contributed by atoms with E-state index in [0.29, 0.717) is 24.6 Å². The predicted octanol–water partition coefficient (Wildman–Crippen LogP) is 2.04. The topological polar surface area (TPSA) is 66.0 Å². The summed E-state index contributed by atoms with van der Waals surface area (Å²) in [5, 5.41) is 9.23. The maximum Gasteiger partial charge on any atom is 0.317 e. The highest BCUT2D eigenvalue weighted by Crippen LogP contribution is 2.42. The van der Waals surface area contributed by atoms with Crippen LogP contribution in [0.2, 0.25) is 0 Å². The number of carbonyl (C=O) groups is 1. The molecule has 0 bridgehead atoms. The van der Waals surface area contributed by atoms with Crippen LogP contribution in [-0.2, 0) is 10.2 Å². The van der Waals surface area contributed by atoms with E-state index >= 15 is 0 Å². The molecule has 2 N–H and O–H groups in total. The highest BCUT2D eigenvalue weighted by atomic mass is 16.4. The van der Waals surface area contributed by atoms with Crippen LogP contribution >= 0.6 is 0 Å². The summed E-state index contributed by atoms with van der Waals surface area (Å²) in [5.41, 5.74) is 0.283. The van der Waals surface area contributed by atoms with Crippen LogP contribution in [0.3, 0.4) is 0 Å². The van der Waals surface area contributed by atoms with Gasteiger partial charge in [0.15, 0.2) is 0 Å². The average molecular weight is 208 g/mol. The van der Waals surface area contributed by atoms with Crippen molar-refractivity contribution >= 4 is 5.97 Å². The third kappa shape index (κ3) is 1.44. The summed E-state index contributed by atoms with van der Waals surface area (Å²) in [5.74, 6) is 0.237. The van der Waals surface area contributed by atoms with E-state index in [0.717, 1.165) is 12.1 Å². The van der Waals surface area contributed by atoms with Crippen LogP contribution in [0, 0.1) is 0 Å². The number of hydrogen-bond acceptors (Lipinski definition) is 2. The van der Waals surface area contributed by atoms with Crippen molar-refractivity contribution in [1.82, 2.24) is 9.97 Å². The molecule has 1 aromatic heterocycles. The molecule has 0 radical (unpaired) electrons. The summed E-state index contributed by atoms with van der Waals surface area (Å²) in [6.45, 7) is 4.12. The number of carboxylic acid groups (broad SMARTS) is 1. The van der Waals surface area contributed by atoms with Crippen molar-refractivity contribution in [2.75, 3.05) is 0 Å². The average Bonchev–Trinajstić information content (AvgIpc) is 2.50. The van der Waals surface area contributed by atoms with Crippen molar-refractivity contribution in [3.63, 3.8) is 0 Å². The van der Waals surface area contributed by atoms with E-state index in [4.69, 9.17) is 0 Å². The molecule has 0 unspecified atom stereocenters. The van der Waals surface area contributed by atoms with Gasteiger partial charge in [0.1, 0.15) is 11.2 Å². The highest BCUT2D eigenvalue weighted by Gasteiger charge is 2.48. The number of nitrogens with one attached hydrogen (secondary N) is 1. The molecule has 1 aliphatic rings. The molecule has 0 saturated heterocycles. The van der Waals surface area contributed by atoms with Crippen molar-refractivity contribution < 1.29 is 9.90 Å². The van der Waals surface area contributed by atoms with Crippen molar-refractivity contribution in [3.8, 4) is 0 Å².